The second-order valence-corrected chi connectivity index (χ2v) is 6.70. The zero-order valence-electron chi connectivity index (χ0n) is 11.9. The van der Waals surface area contributed by atoms with E-state index in [9.17, 15) is 9.90 Å². The van der Waals surface area contributed by atoms with Crippen LogP contribution < -0.4 is 0 Å². The number of hydrogen-bond acceptors (Lipinski definition) is 3. The number of carbonyl (C=O) groups is 1. The SMILES string of the molecule is CN1CC[C@]23C(=O)CCC[C@H]2[C@H]1Cc1c(O)cccc13. The fraction of sp³-hybridized carbons (Fsp3) is 0.588. The van der Waals surface area contributed by atoms with Gasteiger partial charge in [-0.25, -0.2) is 0 Å². The van der Waals surface area contributed by atoms with Gasteiger partial charge in [-0.3, -0.25) is 4.79 Å². The Morgan fingerprint density at radius 1 is 1.40 bits per heavy atom. The molecule has 20 heavy (non-hydrogen) atoms. The molecule has 3 nitrogen and oxygen atoms in total. The van der Waals surface area contributed by atoms with Gasteiger partial charge in [-0.1, -0.05) is 12.1 Å². The summed E-state index contributed by atoms with van der Waals surface area (Å²) in [5, 5.41) is 10.2. The van der Waals surface area contributed by atoms with Crippen molar-refractivity contribution in [1.82, 2.24) is 4.90 Å². The van der Waals surface area contributed by atoms with Crippen LogP contribution >= 0.6 is 0 Å². The average Bonchev–Trinajstić information content (AvgIpc) is 2.44. The normalized spacial score (nSPS) is 36.4. The number of hydrogen-bond donors (Lipinski definition) is 1. The first-order valence-electron chi connectivity index (χ1n) is 7.69. The lowest BCUT2D eigenvalue weighted by Gasteiger charge is -2.57. The van der Waals surface area contributed by atoms with Crippen molar-refractivity contribution in [3.63, 3.8) is 0 Å². The first-order valence-corrected chi connectivity index (χ1v) is 7.69. The molecule has 4 rings (SSSR count). The van der Waals surface area contributed by atoms with E-state index in [1.165, 1.54) is 0 Å². The Morgan fingerprint density at radius 2 is 2.25 bits per heavy atom. The molecular weight excluding hydrogens is 250 g/mol. The molecule has 0 radical (unpaired) electrons. The van der Waals surface area contributed by atoms with Crippen molar-refractivity contribution in [3.8, 4) is 5.75 Å². The van der Waals surface area contributed by atoms with Gasteiger partial charge >= 0.3 is 0 Å². The van der Waals surface area contributed by atoms with Gasteiger partial charge in [0, 0.05) is 12.5 Å². The Labute approximate surface area is 119 Å². The van der Waals surface area contributed by atoms with Gasteiger partial charge in [-0.05, 0) is 62.4 Å². The van der Waals surface area contributed by atoms with E-state index in [1.54, 1.807) is 6.07 Å². The highest BCUT2D eigenvalue weighted by Crippen LogP contribution is 2.54. The number of rotatable bonds is 0. The topological polar surface area (TPSA) is 40.5 Å². The number of carbonyl (C=O) groups excluding carboxylic acids is 1. The molecule has 106 valence electrons. The molecule has 1 saturated heterocycles. The van der Waals surface area contributed by atoms with Crippen LogP contribution in [0.3, 0.4) is 0 Å². The number of nitrogens with zero attached hydrogens (tertiary/aromatic N) is 1. The fourth-order valence-corrected chi connectivity index (χ4v) is 5.03. The first-order chi connectivity index (χ1) is 9.64. The summed E-state index contributed by atoms with van der Waals surface area (Å²) in [4.78, 5) is 15.2. The van der Waals surface area contributed by atoms with Crippen molar-refractivity contribution in [2.24, 2.45) is 5.92 Å². The van der Waals surface area contributed by atoms with Gasteiger partial charge in [0.05, 0.1) is 5.41 Å². The molecule has 3 atom stereocenters. The molecule has 1 heterocycles. The smallest absolute Gasteiger partial charge is 0.143 e. The molecule has 1 saturated carbocycles. The Bertz CT molecular complexity index is 582. The number of ketones is 1. The average molecular weight is 271 g/mol. The van der Waals surface area contributed by atoms with Gasteiger partial charge in [0.2, 0.25) is 0 Å². The van der Waals surface area contributed by atoms with Gasteiger partial charge in [-0.2, -0.15) is 0 Å². The first kappa shape index (κ1) is 12.4. The van der Waals surface area contributed by atoms with E-state index in [0.717, 1.165) is 43.4 Å². The molecule has 3 aliphatic rings. The van der Waals surface area contributed by atoms with Crippen molar-refractivity contribution < 1.29 is 9.90 Å². The number of likely N-dealkylation sites (N-methyl/N-ethyl adjacent to an activating group) is 1. The molecule has 2 aliphatic carbocycles. The number of likely N-dealkylation sites (tertiary alicyclic amines) is 1. The third-order valence-corrected chi connectivity index (χ3v) is 5.98. The predicted octanol–water partition coefficient (Wildman–Crippen LogP) is 2.26. The summed E-state index contributed by atoms with van der Waals surface area (Å²) in [6.45, 7) is 0.988. The van der Waals surface area contributed by atoms with Crippen LogP contribution in [-0.2, 0) is 16.6 Å². The molecule has 1 aromatic carbocycles. The number of phenols is 1. The van der Waals surface area contributed by atoms with Crippen LogP contribution in [-0.4, -0.2) is 35.4 Å². The van der Waals surface area contributed by atoms with Crippen LogP contribution in [0.15, 0.2) is 18.2 Å². The van der Waals surface area contributed by atoms with Crippen LogP contribution in [0.1, 0.15) is 36.8 Å². The molecule has 3 heteroatoms. The summed E-state index contributed by atoms with van der Waals surface area (Å²) >= 11 is 0. The molecule has 0 unspecified atom stereocenters. The maximum Gasteiger partial charge on any atom is 0.143 e. The van der Waals surface area contributed by atoms with Crippen LogP contribution in [0.4, 0.5) is 0 Å². The molecule has 1 aliphatic heterocycles. The standard InChI is InChI=1S/C17H21NO2/c1-18-9-8-17-12-4-2-6-15(19)11(12)10-14(18)13(17)5-3-7-16(17)20/h2,4,6,13-14,19H,3,5,7-10H2,1H3/t13-,14+,17+/m0/s1. The largest absolute Gasteiger partial charge is 0.508 e. The van der Waals surface area contributed by atoms with E-state index < -0.39 is 0 Å². The summed E-state index contributed by atoms with van der Waals surface area (Å²) in [6.07, 6.45) is 4.69. The van der Waals surface area contributed by atoms with E-state index in [4.69, 9.17) is 0 Å². The second kappa shape index (κ2) is 4.08. The number of benzene rings is 1. The van der Waals surface area contributed by atoms with E-state index in [0.29, 0.717) is 29.9 Å². The maximum atomic E-state index is 12.8. The summed E-state index contributed by atoms with van der Waals surface area (Å²) in [7, 11) is 2.17. The third kappa shape index (κ3) is 1.37. The minimum atomic E-state index is -0.304. The van der Waals surface area contributed by atoms with Crippen LogP contribution in [0, 0.1) is 5.92 Å². The summed E-state index contributed by atoms with van der Waals surface area (Å²) < 4.78 is 0. The van der Waals surface area contributed by atoms with Gasteiger partial charge in [0.15, 0.2) is 0 Å². The Balaban J connectivity index is 1.98. The summed E-state index contributed by atoms with van der Waals surface area (Å²) in [5.74, 6) is 1.23. The van der Waals surface area contributed by atoms with Gasteiger partial charge in [0.25, 0.3) is 0 Å². The number of piperidine rings is 1. The molecular formula is C17H21NO2. The Morgan fingerprint density at radius 3 is 3.10 bits per heavy atom. The Kier molecular flexibility index (Phi) is 2.53. The van der Waals surface area contributed by atoms with Crippen molar-refractivity contribution in [2.75, 3.05) is 13.6 Å². The highest BCUT2D eigenvalue weighted by atomic mass is 16.3. The van der Waals surface area contributed by atoms with Crippen molar-refractivity contribution in [1.29, 1.82) is 0 Å². The quantitative estimate of drug-likeness (QED) is 0.787. The minimum absolute atomic E-state index is 0.304. The van der Waals surface area contributed by atoms with Gasteiger partial charge in [-0.15, -0.1) is 0 Å². The number of aromatic hydroxyl groups is 1. The molecule has 0 amide bonds. The van der Waals surface area contributed by atoms with Crippen LogP contribution in [0.25, 0.3) is 0 Å². The second-order valence-electron chi connectivity index (χ2n) is 6.70. The lowest BCUT2D eigenvalue weighted by atomic mass is 9.52. The lowest BCUT2D eigenvalue weighted by Crippen LogP contribution is -2.63. The molecule has 0 spiro atoms. The molecule has 1 N–H and O–H groups in total. The number of Topliss-reactive ketones (excluding diaryl/α,β-unsaturated/α-hetero) is 1. The number of fused-ring (bicyclic) bond motifs is 1. The van der Waals surface area contributed by atoms with E-state index >= 15 is 0 Å². The van der Waals surface area contributed by atoms with Crippen molar-refractivity contribution >= 4 is 5.78 Å². The minimum Gasteiger partial charge on any atom is -0.508 e. The van der Waals surface area contributed by atoms with Crippen LogP contribution in [0.2, 0.25) is 0 Å². The van der Waals surface area contributed by atoms with E-state index in [2.05, 4.69) is 18.0 Å². The van der Waals surface area contributed by atoms with Crippen LogP contribution in [0.5, 0.6) is 5.75 Å². The van der Waals surface area contributed by atoms with E-state index in [-0.39, 0.29) is 5.41 Å². The van der Waals surface area contributed by atoms with Crippen molar-refractivity contribution in [2.45, 2.75) is 43.6 Å². The Hall–Kier alpha value is -1.35. The summed E-state index contributed by atoms with van der Waals surface area (Å²) in [6, 6.07) is 6.17. The zero-order chi connectivity index (χ0) is 13.9. The van der Waals surface area contributed by atoms with Gasteiger partial charge < -0.3 is 10.0 Å². The molecule has 0 aromatic heterocycles. The fourth-order valence-electron chi connectivity index (χ4n) is 5.03. The number of phenolic OH excluding ortho intramolecular Hbond substituents is 1. The lowest BCUT2D eigenvalue weighted by molar-refractivity contribution is -0.135. The van der Waals surface area contributed by atoms with Gasteiger partial charge in [0.1, 0.15) is 11.5 Å². The molecule has 1 aromatic rings. The highest BCUT2D eigenvalue weighted by molar-refractivity contribution is 5.92. The third-order valence-electron chi connectivity index (χ3n) is 5.98. The van der Waals surface area contributed by atoms with E-state index in [1.807, 2.05) is 6.07 Å². The summed E-state index contributed by atoms with van der Waals surface area (Å²) in [5.41, 5.74) is 1.86. The molecule has 2 fully saturated rings. The van der Waals surface area contributed by atoms with Crippen molar-refractivity contribution in [3.05, 3.63) is 29.3 Å². The maximum absolute atomic E-state index is 12.8. The monoisotopic (exact) mass is 271 g/mol. The molecule has 2 bridgehead atoms. The predicted molar refractivity (Wildman–Crippen MR) is 76.9 cm³/mol. The highest BCUT2D eigenvalue weighted by Gasteiger charge is 2.57. The zero-order valence-corrected chi connectivity index (χ0v) is 11.9.